The Labute approximate surface area is 125 Å². The number of phenols is 1. The first-order valence-electron chi connectivity index (χ1n) is 5.75. The molecule has 3 nitrogen and oxygen atoms in total. The van der Waals surface area contributed by atoms with Crippen molar-refractivity contribution in [2.75, 3.05) is 0 Å². The molecular formula is C16H9BrN2O. The van der Waals surface area contributed by atoms with E-state index in [9.17, 15) is 10.4 Å². The first-order valence-corrected chi connectivity index (χ1v) is 6.54. The minimum absolute atomic E-state index is 0.145. The van der Waals surface area contributed by atoms with Gasteiger partial charge in [0.05, 0.1) is 27.7 Å². The molecule has 2 aromatic rings. The van der Waals surface area contributed by atoms with Crippen LogP contribution >= 0.6 is 15.9 Å². The molecule has 0 radical (unpaired) electrons. The molecule has 0 amide bonds. The van der Waals surface area contributed by atoms with Gasteiger partial charge in [0.2, 0.25) is 0 Å². The molecule has 0 aromatic heterocycles. The fraction of sp³-hybridized carbons (Fsp3) is 0. The first-order chi connectivity index (χ1) is 9.63. The van der Waals surface area contributed by atoms with E-state index in [2.05, 4.69) is 22.0 Å². The Morgan fingerprint density at radius 1 is 1.15 bits per heavy atom. The van der Waals surface area contributed by atoms with Gasteiger partial charge in [0.15, 0.2) is 0 Å². The molecule has 0 spiro atoms. The summed E-state index contributed by atoms with van der Waals surface area (Å²) in [6.45, 7) is 0. The second-order valence-corrected chi connectivity index (χ2v) is 4.93. The standard InChI is InChI=1S/C16H9BrN2O/c17-15-8-11(4-5-16(15)20)6-14(10-19)13-3-1-2-12(7-13)9-18/h1-8,20H/b14-6-. The molecule has 1 N–H and O–H groups in total. The fourth-order valence-electron chi connectivity index (χ4n) is 1.72. The Morgan fingerprint density at radius 3 is 2.60 bits per heavy atom. The van der Waals surface area contributed by atoms with Gasteiger partial charge in [-0.15, -0.1) is 0 Å². The Kier molecular flexibility index (Phi) is 4.20. The van der Waals surface area contributed by atoms with Gasteiger partial charge in [-0.2, -0.15) is 10.5 Å². The topological polar surface area (TPSA) is 67.8 Å². The molecule has 0 saturated carbocycles. The summed E-state index contributed by atoms with van der Waals surface area (Å²) in [6.07, 6.45) is 1.71. The van der Waals surface area contributed by atoms with E-state index in [0.29, 0.717) is 21.2 Å². The summed E-state index contributed by atoms with van der Waals surface area (Å²) in [7, 11) is 0. The van der Waals surface area contributed by atoms with Crippen molar-refractivity contribution in [1.29, 1.82) is 10.5 Å². The van der Waals surface area contributed by atoms with Gasteiger partial charge >= 0.3 is 0 Å². The molecular weight excluding hydrogens is 316 g/mol. The number of rotatable bonds is 2. The summed E-state index contributed by atoms with van der Waals surface area (Å²) in [6, 6.07) is 16.1. The molecule has 96 valence electrons. The van der Waals surface area contributed by atoms with E-state index in [4.69, 9.17) is 5.26 Å². The van der Waals surface area contributed by atoms with Gasteiger partial charge in [0.25, 0.3) is 0 Å². The largest absolute Gasteiger partial charge is 0.507 e. The minimum Gasteiger partial charge on any atom is -0.507 e. The van der Waals surface area contributed by atoms with Gasteiger partial charge in [-0.3, -0.25) is 0 Å². The van der Waals surface area contributed by atoms with Crippen LogP contribution in [0.5, 0.6) is 5.75 Å². The Morgan fingerprint density at radius 2 is 1.95 bits per heavy atom. The van der Waals surface area contributed by atoms with Crippen LogP contribution in [0.4, 0.5) is 0 Å². The molecule has 0 aliphatic rings. The number of phenolic OH excluding ortho intramolecular Hbond substituents is 1. The third-order valence-electron chi connectivity index (χ3n) is 2.71. The van der Waals surface area contributed by atoms with Crippen molar-refractivity contribution in [2.45, 2.75) is 0 Å². The van der Waals surface area contributed by atoms with Crippen molar-refractivity contribution in [3.05, 3.63) is 63.6 Å². The van der Waals surface area contributed by atoms with E-state index in [1.165, 1.54) is 0 Å². The lowest BCUT2D eigenvalue weighted by Gasteiger charge is -2.02. The zero-order valence-electron chi connectivity index (χ0n) is 10.3. The van der Waals surface area contributed by atoms with E-state index in [0.717, 1.165) is 5.56 Å². The van der Waals surface area contributed by atoms with E-state index < -0.39 is 0 Å². The van der Waals surface area contributed by atoms with Crippen molar-refractivity contribution in [3.8, 4) is 17.9 Å². The van der Waals surface area contributed by atoms with E-state index in [1.54, 1.807) is 48.5 Å². The predicted molar refractivity (Wildman–Crippen MR) is 80.4 cm³/mol. The zero-order valence-corrected chi connectivity index (χ0v) is 11.9. The molecule has 4 heteroatoms. The molecule has 2 aromatic carbocycles. The van der Waals surface area contributed by atoms with Gasteiger partial charge in [-0.05, 0) is 57.4 Å². The zero-order chi connectivity index (χ0) is 14.5. The third-order valence-corrected chi connectivity index (χ3v) is 3.34. The van der Waals surface area contributed by atoms with Crippen molar-refractivity contribution >= 4 is 27.6 Å². The second kappa shape index (κ2) is 6.06. The molecule has 0 atom stereocenters. The van der Waals surface area contributed by atoms with Crippen molar-refractivity contribution < 1.29 is 5.11 Å². The second-order valence-electron chi connectivity index (χ2n) is 4.07. The van der Waals surface area contributed by atoms with Gasteiger partial charge in [-0.1, -0.05) is 18.2 Å². The van der Waals surface area contributed by atoms with E-state index >= 15 is 0 Å². The predicted octanol–water partition coefficient (Wildman–Crippen LogP) is 4.09. The number of allylic oxidation sites excluding steroid dienone is 1. The summed E-state index contributed by atoms with van der Waals surface area (Å²) in [4.78, 5) is 0. The maximum absolute atomic E-state index is 9.45. The first kappa shape index (κ1) is 13.9. The molecule has 0 unspecified atom stereocenters. The lowest BCUT2D eigenvalue weighted by molar-refractivity contribution is 0.472. The van der Waals surface area contributed by atoms with Crippen LogP contribution in [0.1, 0.15) is 16.7 Å². The highest BCUT2D eigenvalue weighted by atomic mass is 79.9. The van der Waals surface area contributed by atoms with Gasteiger partial charge in [0.1, 0.15) is 5.75 Å². The normalized spacial score (nSPS) is 10.7. The molecule has 0 bridgehead atoms. The molecule has 0 saturated heterocycles. The highest BCUT2D eigenvalue weighted by molar-refractivity contribution is 9.10. The smallest absolute Gasteiger partial charge is 0.129 e. The summed E-state index contributed by atoms with van der Waals surface area (Å²) in [5, 5.41) is 27.6. The van der Waals surface area contributed by atoms with Crippen LogP contribution in [-0.4, -0.2) is 5.11 Å². The van der Waals surface area contributed by atoms with Gasteiger partial charge in [0, 0.05) is 0 Å². The average Bonchev–Trinajstić information content (AvgIpc) is 2.48. The lowest BCUT2D eigenvalue weighted by Crippen LogP contribution is -1.84. The summed E-state index contributed by atoms with van der Waals surface area (Å²) >= 11 is 3.23. The quantitative estimate of drug-likeness (QED) is 0.668. The number of nitrogens with zero attached hydrogens (tertiary/aromatic N) is 2. The van der Waals surface area contributed by atoms with Crippen molar-refractivity contribution in [2.24, 2.45) is 0 Å². The Balaban J connectivity index is 2.46. The third kappa shape index (κ3) is 3.06. The molecule has 2 rings (SSSR count). The number of benzene rings is 2. The van der Waals surface area contributed by atoms with Crippen LogP contribution in [-0.2, 0) is 0 Å². The number of aromatic hydroxyl groups is 1. The maximum atomic E-state index is 9.45. The van der Waals surface area contributed by atoms with Crippen molar-refractivity contribution in [3.63, 3.8) is 0 Å². The summed E-state index contributed by atoms with van der Waals surface area (Å²) in [5.41, 5.74) is 2.44. The molecule has 0 fully saturated rings. The van der Waals surface area contributed by atoms with Crippen molar-refractivity contribution in [1.82, 2.24) is 0 Å². The molecule has 0 heterocycles. The average molecular weight is 325 g/mol. The number of hydrogen-bond acceptors (Lipinski definition) is 3. The summed E-state index contributed by atoms with van der Waals surface area (Å²) in [5.74, 6) is 0.145. The van der Waals surface area contributed by atoms with Crippen LogP contribution in [0.3, 0.4) is 0 Å². The number of nitriles is 2. The highest BCUT2D eigenvalue weighted by Crippen LogP contribution is 2.26. The van der Waals surface area contributed by atoms with Gasteiger partial charge < -0.3 is 5.11 Å². The lowest BCUT2D eigenvalue weighted by atomic mass is 10.0. The van der Waals surface area contributed by atoms with Crippen LogP contribution in [0.25, 0.3) is 11.6 Å². The SMILES string of the molecule is N#C/C(=C/c1ccc(O)c(Br)c1)c1cccc(C#N)c1. The minimum atomic E-state index is 0.145. The van der Waals surface area contributed by atoms with Gasteiger partial charge in [-0.25, -0.2) is 0 Å². The number of hydrogen-bond donors (Lipinski definition) is 1. The Hall–Kier alpha value is -2.56. The molecule has 0 aliphatic heterocycles. The monoisotopic (exact) mass is 324 g/mol. The van der Waals surface area contributed by atoms with Crippen LogP contribution in [0.15, 0.2) is 46.9 Å². The fourth-order valence-corrected chi connectivity index (χ4v) is 2.11. The Bertz CT molecular complexity index is 767. The molecule has 0 aliphatic carbocycles. The molecule has 20 heavy (non-hydrogen) atoms. The van der Waals surface area contributed by atoms with E-state index in [-0.39, 0.29) is 5.75 Å². The summed E-state index contributed by atoms with van der Waals surface area (Å²) < 4.78 is 0.564. The number of halogens is 1. The van der Waals surface area contributed by atoms with Crippen LogP contribution < -0.4 is 0 Å². The van der Waals surface area contributed by atoms with Crippen LogP contribution in [0.2, 0.25) is 0 Å². The van der Waals surface area contributed by atoms with E-state index in [1.807, 2.05) is 6.07 Å². The highest BCUT2D eigenvalue weighted by Gasteiger charge is 2.04. The van der Waals surface area contributed by atoms with Crippen LogP contribution in [0, 0.1) is 22.7 Å². The maximum Gasteiger partial charge on any atom is 0.129 e.